The van der Waals surface area contributed by atoms with Crippen LogP contribution in [0.5, 0.6) is 0 Å². The van der Waals surface area contributed by atoms with Crippen molar-refractivity contribution in [3.63, 3.8) is 0 Å². The van der Waals surface area contributed by atoms with Crippen molar-refractivity contribution in [3.05, 3.63) is 59.4 Å². The Labute approximate surface area is 271 Å². The first-order chi connectivity index (χ1) is 21.7. The third-order valence-corrected chi connectivity index (χ3v) is 10.1. The van der Waals surface area contributed by atoms with Crippen LogP contribution in [0.4, 0.5) is 0 Å². The molecule has 4 aliphatic rings. The van der Waals surface area contributed by atoms with E-state index < -0.39 is 35.5 Å². The minimum Gasteiger partial charge on any atom is -0.462 e. The number of aliphatic hydroxyl groups is 1. The average Bonchev–Trinajstić information content (AvgIpc) is 3.81. The molecule has 10 heteroatoms. The average molecular weight is 640 g/mol. The Morgan fingerprint density at radius 1 is 1.13 bits per heavy atom. The molecule has 3 fully saturated rings. The number of ether oxygens (including phenoxy) is 5. The van der Waals surface area contributed by atoms with E-state index in [4.69, 9.17) is 28.1 Å². The summed E-state index contributed by atoms with van der Waals surface area (Å²) >= 11 is 0. The number of carbonyl (C=O) groups excluding carboxylic acids is 2. The van der Waals surface area contributed by atoms with Crippen molar-refractivity contribution in [2.45, 2.75) is 122 Å². The molecular weight excluding hydrogens is 590 g/mol. The maximum Gasteiger partial charge on any atom is 0.341 e. The topological polar surface area (TPSA) is 133 Å². The molecule has 5 rings (SSSR count). The van der Waals surface area contributed by atoms with Crippen LogP contribution in [0.25, 0.3) is 6.08 Å². The number of carbonyl (C=O) groups is 2. The van der Waals surface area contributed by atoms with Crippen molar-refractivity contribution in [2.24, 2.45) is 17.8 Å². The number of aromatic nitrogens is 1. The first-order valence-electron chi connectivity index (χ1n) is 16.3. The van der Waals surface area contributed by atoms with Gasteiger partial charge in [-0.15, -0.1) is 0 Å². The molecule has 2 bridgehead atoms. The largest absolute Gasteiger partial charge is 0.462 e. The Kier molecular flexibility index (Phi) is 10.1. The number of esters is 2. The SMILES string of the molecule is CO[C@@H](/C(C)=C/C=C/C(C)=C/c1coc(C)n1)[C@@H](C)[C@@H]1C[C@H](O)[C@]2(C)O[C@@H]2/C=C/[C@@H](C)[C@H]2C[C@H](CC(=O)O2)C[C@H]2OC2(C)C(=O)O1. The maximum atomic E-state index is 13.7. The van der Waals surface area contributed by atoms with Crippen LogP contribution >= 0.6 is 0 Å². The molecule has 46 heavy (non-hydrogen) atoms. The van der Waals surface area contributed by atoms with Gasteiger partial charge in [0.25, 0.3) is 0 Å². The summed E-state index contributed by atoms with van der Waals surface area (Å²) in [6.45, 7) is 13.3. The van der Waals surface area contributed by atoms with Gasteiger partial charge in [0.15, 0.2) is 11.5 Å². The van der Waals surface area contributed by atoms with Gasteiger partial charge in [0, 0.05) is 38.7 Å². The van der Waals surface area contributed by atoms with E-state index in [2.05, 4.69) is 4.98 Å². The van der Waals surface area contributed by atoms with Crippen molar-refractivity contribution in [1.82, 2.24) is 4.98 Å². The fourth-order valence-electron chi connectivity index (χ4n) is 6.83. The quantitative estimate of drug-likeness (QED) is 0.178. The molecule has 1 aromatic rings. The summed E-state index contributed by atoms with van der Waals surface area (Å²) < 4.78 is 35.1. The zero-order chi connectivity index (χ0) is 33.4. The van der Waals surface area contributed by atoms with Crippen LogP contribution in [-0.2, 0) is 33.3 Å². The molecule has 10 nitrogen and oxygen atoms in total. The highest BCUT2D eigenvalue weighted by Gasteiger charge is 2.62. The molecule has 252 valence electrons. The number of rotatable bonds is 7. The summed E-state index contributed by atoms with van der Waals surface area (Å²) in [5, 5.41) is 11.5. The molecule has 1 aromatic heterocycles. The number of hydrogen-bond donors (Lipinski definition) is 1. The lowest BCUT2D eigenvalue weighted by molar-refractivity contribution is -0.162. The fourth-order valence-corrected chi connectivity index (χ4v) is 6.83. The number of hydrogen-bond acceptors (Lipinski definition) is 10. The summed E-state index contributed by atoms with van der Waals surface area (Å²) in [4.78, 5) is 30.5. The fraction of sp³-hybridized carbons (Fsp3) is 0.639. The van der Waals surface area contributed by atoms with Crippen LogP contribution < -0.4 is 0 Å². The van der Waals surface area contributed by atoms with Crippen LogP contribution in [0.3, 0.4) is 0 Å². The lowest BCUT2D eigenvalue weighted by Gasteiger charge is -2.33. The van der Waals surface area contributed by atoms with Crippen molar-refractivity contribution in [3.8, 4) is 0 Å². The van der Waals surface area contributed by atoms with Crippen LogP contribution in [0.15, 0.2) is 52.2 Å². The van der Waals surface area contributed by atoms with Crippen LogP contribution in [-0.4, -0.2) is 77.0 Å². The third-order valence-electron chi connectivity index (χ3n) is 10.1. The van der Waals surface area contributed by atoms with E-state index in [0.717, 1.165) is 16.8 Å². The van der Waals surface area contributed by atoms with Gasteiger partial charge in [0.2, 0.25) is 0 Å². The maximum absolute atomic E-state index is 13.7. The molecule has 0 aliphatic carbocycles. The first-order valence-corrected chi connectivity index (χ1v) is 16.3. The zero-order valence-corrected chi connectivity index (χ0v) is 28.2. The highest BCUT2D eigenvalue weighted by atomic mass is 16.7. The minimum atomic E-state index is -1.12. The summed E-state index contributed by atoms with van der Waals surface area (Å²) in [7, 11) is 1.63. The van der Waals surface area contributed by atoms with Gasteiger partial charge in [0.1, 0.15) is 35.9 Å². The Morgan fingerprint density at radius 3 is 2.59 bits per heavy atom. The lowest BCUT2D eigenvalue weighted by atomic mass is 9.83. The molecule has 1 unspecified atom stereocenters. The van der Waals surface area contributed by atoms with E-state index in [1.807, 2.05) is 71.1 Å². The number of allylic oxidation sites excluding steroid dienone is 4. The number of cyclic esters (lactones) is 1. The van der Waals surface area contributed by atoms with Crippen LogP contribution in [0.1, 0.15) is 78.8 Å². The molecule has 3 saturated heterocycles. The second-order valence-electron chi connectivity index (χ2n) is 13.9. The van der Waals surface area contributed by atoms with Gasteiger partial charge in [-0.25, -0.2) is 9.78 Å². The smallest absolute Gasteiger partial charge is 0.341 e. The lowest BCUT2D eigenvalue weighted by Crippen LogP contribution is -2.43. The predicted molar refractivity (Wildman–Crippen MR) is 170 cm³/mol. The molecule has 4 aliphatic heterocycles. The molecule has 5 heterocycles. The second-order valence-corrected chi connectivity index (χ2v) is 13.9. The van der Waals surface area contributed by atoms with Gasteiger partial charge < -0.3 is 33.2 Å². The summed E-state index contributed by atoms with van der Waals surface area (Å²) in [5.41, 5.74) is 0.730. The minimum absolute atomic E-state index is 0.0217. The molecule has 0 amide bonds. The molecule has 0 radical (unpaired) electrons. The second kappa shape index (κ2) is 13.6. The Morgan fingerprint density at radius 2 is 1.89 bits per heavy atom. The summed E-state index contributed by atoms with van der Waals surface area (Å²) in [6.07, 6.45) is 12.2. The van der Waals surface area contributed by atoms with Gasteiger partial charge in [-0.1, -0.05) is 44.2 Å². The van der Waals surface area contributed by atoms with Gasteiger partial charge in [-0.3, -0.25) is 4.79 Å². The number of oxazole rings is 1. The predicted octanol–water partition coefficient (Wildman–Crippen LogP) is 5.44. The standard InChI is InChI=1S/C36H49NO9/c1-20(14-26-19-42-24(5)37-26)10-9-11-22(3)33(41-8)23(4)28-18-29(38)35(6)30(45-35)13-12-21(2)27-15-25(17-32(39)43-27)16-31-36(7,46-31)34(40)44-28/h9-14,19,21,23,25,27-31,33,38H,15-18H2,1-8H3/b10-9+,13-12+,20-14+,22-11+/t21-,23+,25+,27-,28+,29+,30-,31-,33+,35+,36?/m1/s1. The van der Waals surface area contributed by atoms with E-state index in [1.165, 1.54) is 0 Å². The number of epoxide rings is 2. The number of methoxy groups -OCH3 is 1. The molecular formula is C36H49NO9. The molecule has 0 aromatic carbocycles. The Bertz CT molecular complexity index is 1410. The van der Waals surface area contributed by atoms with Gasteiger partial charge in [0.05, 0.1) is 18.3 Å². The molecule has 11 atom stereocenters. The van der Waals surface area contributed by atoms with E-state index >= 15 is 0 Å². The van der Waals surface area contributed by atoms with E-state index in [9.17, 15) is 14.7 Å². The number of fused-ring (bicyclic) bond motifs is 4. The monoisotopic (exact) mass is 639 g/mol. The van der Waals surface area contributed by atoms with E-state index in [-0.39, 0.29) is 48.5 Å². The Balaban J connectivity index is 1.35. The summed E-state index contributed by atoms with van der Waals surface area (Å²) in [5.74, 6) is -0.383. The van der Waals surface area contributed by atoms with Crippen molar-refractivity contribution >= 4 is 18.0 Å². The van der Waals surface area contributed by atoms with Gasteiger partial charge >= 0.3 is 11.9 Å². The number of aliphatic hydroxyl groups excluding tert-OH is 1. The third kappa shape index (κ3) is 7.56. The van der Waals surface area contributed by atoms with Crippen molar-refractivity contribution in [2.75, 3.05) is 7.11 Å². The molecule has 1 N–H and O–H groups in total. The van der Waals surface area contributed by atoms with Crippen molar-refractivity contribution in [1.29, 1.82) is 0 Å². The molecule has 0 saturated carbocycles. The van der Waals surface area contributed by atoms with Crippen LogP contribution in [0, 0.1) is 24.7 Å². The highest BCUT2D eigenvalue weighted by Crippen LogP contribution is 2.46. The Hall–Kier alpha value is -3.05. The van der Waals surface area contributed by atoms with Crippen LogP contribution in [0.2, 0.25) is 0 Å². The van der Waals surface area contributed by atoms with Gasteiger partial charge in [-0.2, -0.15) is 0 Å². The van der Waals surface area contributed by atoms with Gasteiger partial charge in [-0.05, 0) is 63.7 Å². The number of nitrogens with zero attached hydrogens (tertiary/aromatic N) is 1. The molecule has 0 spiro atoms. The summed E-state index contributed by atoms with van der Waals surface area (Å²) in [6, 6.07) is 0. The highest BCUT2D eigenvalue weighted by molar-refractivity contribution is 5.83. The van der Waals surface area contributed by atoms with Crippen molar-refractivity contribution < 1.29 is 42.8 Å². The van der Waals surface area contributed by atoms with E-state index in [1.54, 1.807) is 27.2 Å². The zero-order valence-electron chi connectivity index (χ0n) is 28.2. The normalized spacial score (nSPS) is 39.1. The van der Waals surface area contributed by atoms with E-state index in [0.29, 0.717) is 25.2 Å². The number of aryl methyl sites for hydroxylation is 1. The first kappa shape index (κ1) is 34.3.